The van der Waals surface area contributed by atoms with E-state index < -0.39 is 5.91 Å². The molecule has 1 heterocycles. The second kappa shape index (κ2) is 8.95. The van der Waals surface area contributed by atoms with Crippen LogP contribution in [0.5, 0.6) is 5.75 Å². The number of hydrogen-bond donors (Lipinski definition) is 2. The van der Waals surface area contributed by atoms with E-state index in [2.05, 4.69) is 47.5 Å². The largest absolute Gasteiger partial charge is 0.506 e. The monoisotopic (exact) mass is 473 g/mol. The van der Waals surface area contributed by atoms with Gasteiger partial charge in [0.05, 0.1) is 21.3 Å². The molecule has 1 aromatic heterocycles. The Morgan fingerprint density at radius 3 is 2.96 bits per heavy atom. The van der Waals surface area contributed by atoms with Crippen molar-refractivity contribution in [1.29, 1.82) is 0 Å². The van der Waals surface area contributed by atoms with Crippen LogP contribution in [0.15, 0.2) is 48.8 Å². The summed E-state index contributed by atoms with van der Waals surface area (Å²) in [5, 5.41) is 19.5. The summed E-state index contributed by atoms with van der Waals surface area (Å²) in [5.41, 5.74) is 3.45. The van der Waals surface area contributed by atoms with Crippen LogP contribution < -0.4 is 5.43 Å². The topological polar surface area (TPSA) is 83.3 Å². The van der Waals surface area contributed by atoms with Crippen molar-refractivity contribution < 1.29 is 14.7 Å². The maximum absolute atomic E-state index is 11.6. The highest BCUT2D eigenvalue weighted by Crippen LogP contribution is 2.30. The van der Waals surface area contributed by atoms with E-state index in [1.807, 2.05) is 17.5 Å². The molecule has 0 aliphatic rings. The molecule has 0 saturated carbocycles. The standard InChI is InChI=1S/C15H13Br2N3O3S/c1-9(13-3-2-4-24-13)20-23-8-14(21)19-18-7-10-5-11(16)6-12(17)15(10)22/h2-7,22H,8H2,1H3,(H,19,21)/b18-7+,20-9+. The molecule has 6 nitrogen and oxygen atoms in total. The predicted octanol–water partition coefficient (Wildman–Crippen LogP) is 3.87. The van der Waals surface area contributed by atoms with E-state index in [-0.39, 0.29) is 12.4 Å². The number of carbonyl (C=O) groups excluding carboxylic acids is 1. The minimum Gasteiger partial charge on any atom is -0.506 e. The number of rotatable bonds is 6. The number of nitrogens with zero attached hydrogens (tertiary/aromatic N) is 2. The zero-order valence-corrected chi connectivity index (χ0v) is 16.5. The molecule has 2 N–H and O–H groups in total. The van der Waals surface area contributed by atoms with Gasteiger partial charge in [-0.25, -0.2) is 5.43 Å². The minimum atomic E-state index is -0.456. The summed E-state index contributed by atoms with van der Waals surface area (Å²) in [5.74, 6) is -0.425. The third-order valence-electron chi connectivity index (χ3n) is 2.73. The number of phenols is 1. The molecule has 126 valence electrons. The molecular formula is C15H13Br2N3O3S. The van der Waals surface area contributed by atoms with Crippen molar-refractivity contribution in [1.82, 2.24) is 5.43 Å². The Labute approximate surface area is 159 Å². The van der Waals surface area contributed by atoms with E-state index in [1.165, 1.54) is 17.6 Å². The summed E-state index contributed by atoms with van der Waals surface area (Å²) < 4.78 is 1.29. The first-order valence-corrected chi connectivity index (χ1v) is 9.14. The van der Waals surface area contributed by atoms with Crippen molar-refractivity contribution in [2.75, 3.05) is 6.61 Å². The Morgan fingerprint density at radius 2 is 2.25 bits per heavy atom. The molecule has 0 spiro atoms. The lowest BCUT2D eigenvalue weighted by atomic mass is 10.2. The molecule has 1 amide bonds. The van der Waals surface area contributed by atoms with E-state index in [4.69, 9.17) is 4.84 Å². The molecule has 1 aromatic carbocycles. The SMILES string of the molecule is C/C(=N\OCC(=O)N/N=C/c1cc(Br)cc(Br)c1O)c1cccs1. The number of hydrogen-bond acceptors (Lipinski definition) is 6. The fourth-order valence-electron chi connectivity index (χ4n) is 1.61. The van der Waals surface area contributed by atoms with Crippen molar-refractivity contribution in [2.45, 2.75) is 6.92 Å². The van der Waals surface area contributed by atoms with Gasteiger partial charge < -0.3 is 9.94 Å². The van der Waals surface area contributed by atoms with Crippen LogP contribution in [0.3, 0.4) is 0 Å². The molecule has 9 heteroatoms. The van der Waals surface area contributed by atoms with Gasteiger partial charge in [-0.05, 0) is 46.4 Å². The first-order valence-electron chi connectivity index (χ1n) is 6.67. The van der Waals surface area contributed by atoms with Crippen molar-refractivity contribution >= 4 is 61.0 Å². The maximum Gasteiger partial charge on any atom is 0.280 e. The van der Waals surface area contributed by atoms with Crippen LogP contribution in [-0.4, -0.2) is 29.5 Å². The number of thiophene rings is 1. The van der Waals surface area contributed by atoms with Crippen LogP contribution in [0.25, 0.3) is 0 Å². The normalized spacial score (nSPS) is 11.7. The van der Waals surface area contributed by atoms with Gasteiger partial charge in [-0.1, -0.05) is 27.2 Å². The van der Waals surface area contributed by atoms with E-state index in [0.29, 0.717) is 15.7 Å². The highest BCUT2D eigenvalue weighted by Gasteiger charge is 2.06. The molecular weight excluding hydrogens is 462 g/mol. The molecule has 0 atom stereocenters. The quantitative estimate of drug-likeness (QED) is 0.492. The molecule has 0 fully saturated rings. The molecule has 0 saturated heterocycles. The van der Waals surface area contributed by atoms with Crippen molar-refractivity contribution in [3.8, 4) is 5.75 Å². The van der Waals surface area contributed by atoms with Gasteiger partial charge in [0.2, 0.25) is 0 Å². The fraction of sp³-hybridized carbons (Fsp3) is 0.133. The third kappa shape index (κ3) is 5.43. The van der Waals surface area contributed by atoms with Crippen molar-refractivity contribution in [3.05, 3.63) is 49.0 Å². The second-order valence-corrected chi connectivity index (χ2v) is 7.26. The van der Waals surface area contributed by atoms with Gasteiger partial charge in [-0.2, -0.15) is 5.10 Å². The molecule has 0 aliphatic carbocycles. The summed E-state index contributed by atoms with van der Waals surface area (Å²) in [6.45, 7) is 1.55. The van der Waals surface area contributed by atoms with Crippen LogP contribution in [0.2, 0.25) is 0 Å². The van der Waals surface area contributed by atoms with Gasteiger partial charge in [-0.15, -0.1) is 11.3 Å². The van der Waals surface area contributed by atoms with Crippen molar-refractivity contribution in [2.24, 2.45) is 10.3 Å². The number of aromatic hydroxyl groups is 1. The third-order valence-corrected chi connectivity index (χ3v) is 4.77. The number of carbonyl (C=O) groups is 1. The van der Waals surface area contributed by atoms with Crippen LogP contribution in [0, 0.1) is 0 Å². The molecule has 0 bridgehead atoms. The number of amides is 1. The maximum atomic E-state index is 11.6. The smallest absolute Gasteiger partial charge is 0.280 e. The van der Waals surface area contributed by atoms with Gasteiger partial charge >= 0.3 is 0 Å². The average Bonchev–Trinajstić information content (AvgIpc) is 3.06. The Kier molecular flexibility index (Phi) is 6.95. The summed E-state index contributed by atoms with van der Waals surface area (Å²) in [6, 6.07) is 7.20. The number of hydrazone groups is 1. The van der Waals surface area contributed by atoms with Gasteiger partial charge in [0.15, 0.2) is 6.61 Å². The molecule has 2 aromatic rings. The summed E-state index contributed by atoms with van der Waals surface area (Å²) in [6.07, 6.45) is 1.34. The van der Waals surface area contributed by atoms with Crippen molar-refractivity contribution in [3.63, 3.8) is 0 Å². The van der Waals surface area contributed by atoms with Crippen LogP contribution >= 0.6 is 43.2 Å². The van der Waals surface area contributed by atoms with Crippen LogP contribution in [0.1, 0.15) is 17.4 Å². The van der Waals surface area contributed by atoms with Gasteiger partial charge in [-0.3, -0.25) is 4.79 Å². The van der Waals surface area contributed by atoms with Gasteiger partial charge in [0, 0.05) is 10.0 Å². The number of nitrogens with one attached hydrogen (secondary N) is 1. The van der Waals surface area contributed by atoms with Gasteiger partial charge in [0.1, 0.15) is 5.75 Å². The lowest BCUT2D eigenvalue weighted by Crippen LogP contribution is -2.22. The number of benzene rings is 1. The summed E-state index contributed by atoms with van der Waals surface area (Å²) in [7, 11) is 0. The summed E-state index contributed by atoms with van der Waals surface area (Å²) in [4.78, 5) is 17.6. The predicted molar refractivity (Wildman–Crippen MR) is 102 cm³/mol. The average molecular weight is 475 g/mol. The summed E-state index contributed by atoms with van der Waals surface area (Å²) >= 11 is 8.07. The Hall–Kier alpha value is -1.71. The number of oxime groups is 1. The molecule has 2 rings (SSSR count). The zero-order chi connectivity index (χ0) is 17.5. The molecule has 24 heavy (non-hydrogen) atoms. The van der Waals surface area contributed by atoms with Crippen LogP contribution in [-0.2, 0) is 9.63 Å². The second-order valence-electron chi connectivity index (χ2n) is 4.55. The number of halogens is 2. The zero-order valence-electron chi connectivity index (χ0n) is 12.5. The Balaban J connectivity index is 1.84. The van der Waals surface area contributed by atoms with Gasteiger partial charge in [0.25, 0.3) is 5.91 Å². The lowest BCUT2D eigenvalue weighted by molar-refractivity contribution is -0.125. The molecule has 0 unspecified atom stereocenters. The molecule has 0 radical (unpaired) electrons. The van der Waals surface area contributed by atoms with E-state index in [1.54, 1.807) is 19.1 Å². The van der Waals surface area contributed by atoms with E-state index >= 15 is 0 Å². The first-order chi connectivity index (χ1) is 11.5. The van der Waals surface area contributed by atoms with Crippen LogP contribution in [0.4, 0.5) is 0 Å². The fourth-order valence-corrected chi connectivity index (χ4v) is 3.53. The highest BCUT2D eigenvalue weighted by atomic mass is 79.9. The first kappa shape index (κ1) is 18.6. The number of phenolic OH excluding ortho intramolecular Hbond substituents is 1. The highest BCUT2D eigenvalue weighted by molar-refractivity contribution is 9.11. The van der Waals surface area contributed by atoms with E-state index in [0.717, 1.165) is 9.35 Å². The lowest BCUT2D eigenvalue weighted by Gasteiger charge is -2.03. The van der Waals surface area contributed by atoms with E-state index in [9.17, 15) is 9.90 Å². The Morgan fingerprint density at radius 1 is 1.46 bits per heavy atom. The molecule has 0 aliphatic heterocycles. The Bertz CT molecular complexity index is 777. The minimum absolute atomic E-state index is 0.0311.